The van der Waals surface area contributed by atoms with E-state index in [2.05, 4.69) is 52.0 Å². The van der Waals surface area contributed by atoms with Gasteiger partial charge in [0.05, 0.1) is 0 Å². The van der Waals surface area contributed by atoms with Gasteiger partial charge in [0.1, 0.15) is 0 Å². The molecule has 0 spiro atoms. The highest BCUT2D eigenvalue weighted by Gasteiger charge is 2.05. The first kappa shape index (κ1) is 11.3. The molecule has 0 fully saturated rings. The summed E-state index contributed by atoms with van der Waals surface area (Å²) < 4.78 is 0. The molecule has 0 aliphatic carbocycles. The zero-order valence-electron chi connectivity index (χ0n) is 9.29. The van der Waals surface area contributed by atoms with Gasteiger partial charge in [0.25, 0.3) is 0 Å². The molecule has 0 aliphatic rings. The van der Waals surface area contributed by atoms with E-state index in [9.17, 15) is 0 Å². The normalized spacial score (nSPS) is 11.3. The first-order valence-electron chi connectivity index (χ1n) is 5.32. The molecule has 0 N–H and O–H groups in total. The molecule has 2 radical (unpaired) electrons. The molecule has 0 saturated heterocycles. The Balaban J connectivity index is 2.80. The van der Waals surface area contributed by atoms with Crippen molar-refractivity contribution in [2.24, 2.45) is 11.8 Å². The van der Waals surface area contributed by atoms with E-state index in [1.165, 1.54) is 11.1 Å². The summed E-state index contributed by atoms with van der Waals surface area (Å²) in [5, 5.41) is 0. The van der Waals surface area contributed by atoms with Gasteiger partial charge in [0.2, 0.25) is 0 Å². The van der Waals surface area contributed by atoms with E-state index in [0.717, 1.165) is 12.8 Å². The van der Waals surface area contributed by atoms with Crippen LogP contribution >= 0.6 is 0 Å². The van der Waals surface area contributed by atoms with Crippen LogP contribution in [0, 0.1) is 25.7 Å². The number of benzene rings is 1. The van der Waals surface area contributed by atoms with Crippen molar-refractivity contribution in [2.45, 2.75) is 26.7 Å². The van der Waals surface area contributed by atoms with Crippen molar-refractivity contribution in [1.82, 2.24) is 0 Å². The molecule has 76 valence electrons. The molecular weight excluding hydrogens is 168 g/mol. The van der Waals surface area contributed by atoms with Gasteiger partial charge in [0, 0.05) is 0 Å². The van der Waals surface area contributed by atoms with Crippen LogP contribution in [0.15, 0.2) is 24.3 Å². The fraction of sp³-hybridized carbons (Fsp3) is 0.429. The lowest BCUT2D eigenvalue weighted by Crippen LogP contribution is -2.02. The Kier molecular flexibility index (Phi) is 4.19. The molecule has 2 unspecified atom stereocenters. The molecule has 0 saturated carbocycles. The molecule has 1 aromatic rings. The standard InChI is InChI=1S/C14H20/c1-11(2)9-13-7-5-6-8-14(13)10-12(3)4/h5-8,11-12H,1,3,9-10H2,2,4H3. The summed E-state index contributed by atoms with van der Waals surface area (Å²) in [5.41, 5.74) is 2.87. The summed E-state index contributed by atoms with van der Waals surface area (Å²) in [4.78, 5) is 0. The van der Waals surface area contributed by atoms with Gasteiger partial charge in [-0.1, -0.05) is 52.0 Å². The zero-order chi connectivity index (χ0) is 10.6. The van der Waals surface area contributed by atoms with Crippen molar-refractivity contribution in [3.8, 4) is 0 Å². The van der Waals surface area contributed by atoms with Crippen LogP contribution in [-0.4, -0.2) is 0 Å². The van der Waals surface area contributed by atoms with E-state index in [1.54, 1.807) is 0 Å². The van der Waals surface area contributed by atoms with Gasteiger partial charge >= 0.3 is 0 Å². The minimum Gasteiger partial charge on any atom is -0.0622 e. The van der Waals surface area contributed by atoms with Gasteiger partial charge in [-0.3, -0.25) is 0 Å². The van der Waals surface area contributed by atoms with Gasteiger partial charge < -0.3 is 0 Å². The van der Waals surface area contributed by atoms with Crippen LogP contribution in [0.2, 0.25) is 0 Å². The van der Waals surface area contributed by atoms with E-state index < -0.39 is 0 Å². The van der Waals surface area contributed by atoms with Crippen molar-refractivity contribution in [3.05, 3.63) is 49.2 Å². The van der Waals surface area contributed by atoms with E-state index >= 15 is 0 Å². The van der Waals surface area contributed by atoms with Crippen LogP contribution in [0.1, 0.15) is 25.0 Å². The Morgan fingerprint density at radius 3 is 1.57 bits per heavy atom. The molecule has 0 heteroatoms. The SMILES string of the molecule is [CH2]C(C)Cc1ccccc1CC([CH2])C. The zero-order valence-corrected chi connectivity index (χ0v) is 9.29. The average molecular weight is 188 g/mol. The van der Waals surface area contributed by atoms with Crippen molar-refractivity contribution >= 4 is 0 Å². The van der Waals surface area contributed by atoms with Crippen LogP contribution in [0.25, 0.3) is 0 Å². The molecule has 2 atom stereocenters. The topological polar surface area (TPSA) is 0 Å². The lowest BCUT2D eigenvalue weighted by Gasteiger charge is -2.12. The van der Waals surface area contributed by atoms with E-state index in [-0.39, 0.29) is 0 Å². The summed E-state index contributed by atoms with van der Waals surface area (Å²) >= 11 is 0. The van der Waals surface area contributed by atoms with Crippen molar-refractivity contribution in [3.63, 3.8) is 0 Å². The second-order valence-corrected chi connectivity index (χ2v) is 4.39. The highest BCUT2D eigenvalue weighted by Crippen LogP contribution is 2.16. The fourth-order valence-corrected chi connectivity index (χ4v) is 1.71. The van der Waals surface area contributed by atoms with E-state index in [4.69, 9.17) is 0 Å². The van der Waals surface area contributed by atoms with Crippen molar-refractivity contribution in [1.29, 1.82) is 0 Å². The summed E-state index contributed by atoms with van der Waals surface area (Å²) in [5.74, 6) is 0.965. The Morgan fingerprint density at radius 2 is 1.29 bits per heavy atom. The van der Waals surface area contributed by atoms with Gasteiger partial charge in [0.15, 0.2) is 0 Å². The highest BCUT2D eigenvalue weighted by molar-refractivity contribution is 5.28. The predicted octanol–water partition coefficient (Wildman–Crippen LogP) is 3.71. The third-order valence-electron chi connectivity index (χ3n) is 2.26. The molecule has 0 aromatic heterocycles. The summed E-state index contributed by atoms with van der Waals surface area (Å²) in [6, 6.07) is 8.63. The molecule has 1 aromatic carbocycles. The molecule has 0 heterocycles. The minimum absolute atomic E-state index is 0.483. The second kappa shape index (κ2) is 5.19. The number of rotatable bonds is 4. The minimum atomic E-state index is 0.483. The van der Waals surface area contributed by atoms with Gasteiger partial charge in [-0.15, -0.1) is 0 Å². The second-order valence-electron chi connectivity index (χ2n) is 4.39. The molecule has 0 bridgehead atoms. The first-order chi connectivity index (χ1) is 6.59. The molecule has 1 rings (SSSR count). The third kappa shape index (κ3) is 3.53. The fourth-order valence-electron chi connectivity index (χ4n) is 1.71. The van der Waals surface area contributed by atoms with Gasteiger partial charge in [-0.2, -0.15) is 0 Å². The van der Waals surface area contributed by atoms with Crippen molar-refractivity contribution < 1.29 is 0 Å². The third-order valence-corrected chi connectivity index (χ3v) is 2.26. The van der Waals surface area contributed by atoms with Gasteiger partial charge in [-0.25, -0.2) is 0 Å². The molecule has 0 aliphatic heterocycles. The average Bonchev–Trinajstić information content (AvgIpc) is 2.06. The Morgan fingerprint density at radius 1 is 0.929 bits per heavy atom. The largest absolute Gasteiger partial charge is 0.0622 e. The number of hydrogen-bond acceptors (Lipinski definition) is 0. The number of hydrogen-bond donors (Lipinski definition) is 0. The van der Waals surface area contributed by atoms with Gasteiger partial charge in [-0.05, 0) is 35.8 Å². The van der Waals surface area contributed by atoms with Crippen molar-refractivity contribution in [2.75, 3.05) is 0 Å². The predicted molar refractivity (Wildman–Crippen MR) is 62.9 cm³/mol. The van der Waals surface area contributed by atoms with Crippen LogP contribution in [-0.2, 0) is 12.8 Å². The maximum absolute atomic E-state index is 4.04. The summed E-state index contributed by atoms with van der Waals surface area (Å²) in [6.45, 7) is 12.4. The Labute approximate surface area is 88.4 Å². The molecular formula is C14H20. The summed E-state index contributed by atoms with van der Waals surface area (Å²) in [6.07, 6.45) is 2.14. The first-order valence-corrected chi connectivity index (χ1v) is 5.32. The maximum Gasteiger partial charge on any atom is -0.0250 e. The molecule has 14 heavy (non-hydrogen) atoms. The van der Waals surface area contributed by atoms with Crippen LogP contribution in [0.4, 0.5) is 0 Å². The van der Waals surface area contributed by atoms with Crippen LogP contribution < -0.4 is 0 Å². The maximum atomic E-state index is 4.04. The highest BCUT2D eigenvalue weighted by atomic mass is 14.1. The van der Waals surface area contributed by atoms with Crippen LogP contribution in [0.5, 0.6) is 0 Å². The smallest absolute Gasteiger partial charge is 0.0250 e. The Bertz CT molecular complexity index is 242. The van der Waals surface area contributed by atoms with E-state index in [1.807, 2.05) is 0 Å². The molecule has 0 amide bonds. The quantitative estimate of drug-likeness (QED) is 0.675. The summed E-state index contributed by atoms with van der Waals surface area (Å²) in [7, 11) is 0. The lowest BCUT2D eigenvalue weighted by molar-refractivity contribution is 0.681. The Hall–Kier alpha value is -0.780. The monoisotopic (exact) mass is 188 g/mol. The molecule has 0 nitrogen and oxygen atoms in total. The van der Waals surface area contributed by atoms with E-state index in [0.29, 0.717) is 11.8 Å². The lowest BCUT2D eigenvalue weighted by atomic mass is 9.93. The van der Waals surface area contributed by atoms with Crippen LogP contribution in [0.3, 0.4) is 0 Å².